The molecule has 7 heteroatoms. The van der Waals surface area contributed by atoms with Crippen molar-refractivity contribution in [2.75, 3.05) is 0 Å². The highest BCUT2D eigenvalue weighted by molar-refractivity contribution is 8.11. The second kappa shape index (κ2) is 10.5. The number of nitro groups is 1. The Morgan fingerprint density at radius 2 is 1.93 bits per heavy atom. The standard InChI is InChI=1S/C20H19N3O2S2/c1-2-19(16-6-4-3-5-7-16)26-13-18(22)20(27-14-21)12-15-8-10-17(11-9-15)23(24)25/h2-11,13,20H,12,22H2,1H3/b18-13-,19-2-/t20-/m0/s1. The van der Waals surface area contributed by atoms with Crippen molar-refractivity contribution in [2.24, 2.45) is 5.73 Å². The Morgan fingerprint density at radius 1 is 1.26 bits per heavy atom. The topological polar surface area (TPSA) is 92.9 Å². The van der Waals surface area contributed by atoms with Gasteiger partial charge in [0.05, 0.1) is 10.2 Å². The van der Waals surface area contributed by atoms with Crippen LogP contribution in [0.25, 0.3) is 4.91 Å². The zero-order valence-electron chi connectivity index (χ0n) is 14.7. The van der Waals surface area contributed by atoms with Gasteiger partial charge in [0, 0.05) is 22.7 Å². The third kappa shape index (κ3) is 6.20. The van der Waals surface area contributed by atoms with Crippen molar-refractivity contribution >= 4 is 34.1 Å². The molecule has 0 unspecified atom stereocenters. The number of allylic oxidation sites excluding steroid dienone is 1. The van der Waals surface area contributed by atoms with Gasteiger partial charge in [-0.2, -0.15) is 5.26 Å². The molecule has 0 amide bonds. The largest absolute Gasteiger partial charge is 0.401 e. The maximum atomic E-state index is 10.8. The maximum absolute atomic E-state index is 10.8. The Labute approximate surface area is 167 Å². The molecule has 5 nitrogen and oxygen atoms in total. The summed E-state index contributed by atoms with van der Waals surface area (Å²) >= 11 is 2.61. The summed E-state index contributed by atoms with van der Waals surface area (Å²) in [5.74, 6) is 0. The Morgan fingerprint density at radius 3 is 2.48 bits per heavy atom. The molecule has 2 rings (SSSR count). The highest BCUT2D eigenvalue weighted by Gasteiger charge is 2.15. The predicted octanol–water partition coefficient (Wildman–Crippen LogP) is 5.31. The van der Waals surface area contributed by atoms with Crippen molar-refractivity contribution in [3.8, 4) is 5.40 Å². The van der Waals surface area contributed by atoms with Crippen LogP contribution in [0.5, 0.6) is 0 Å². The molecule has 2 aromatic rings. The number of nitriles is 1. The Kier molecular flexibility index (Phi) is 7.99. The number of nitrogens with zero attached hydrogens (tertiary/aromatic N) is 2. The van der Waals surface area contributed by atoms with Crippen molar-refractivity contribution in [1.82, 2.24) is 0 Å². The number of thiocyanates is 1. The SMILES string of the molecule is C/C=C(\S/C=C(\N)[C@H](Cc1ccc([N+](=O)[O-])cc1)SC#N)c1ccccc1. The van der Waals surface area contributed by atoms with E-state index in [4.69, 9.17) is 11.0 Å². The van der Waals surface area contributed by atoms with Crippen LogP contribution in [0.4, 0.5) is 5.69 Å². The molecule has 0 aliphatic heterocycles. The summed E-state index contributed by atoms with van der Waals surface area (Å²) in [6, 6.07) is 16.3. The second-order valence-electron chi connectivity index (χ2n) is 5.58. The molecule has 0 saturated carbocycles. The third-order valence-corrected chi connectivity index (χ3v) is 5.72. The molecule has 0 aliphatic carbocycles. The van der Waals surface area contributed by atoms with Crippen LogP contribution in [0.15, 0.2) is 71.8 Å². The van der Waals surface area contributed by atoms with Gasteiger partial charge in [0.25, 0.3) is 5.69 Å². The van der Waals surface area contributed by atoms with Crippen molar-refractivity contribution in [1.29, 1.82) is 5.26 Å². The van der Waals surface area contributed by atoms with E-state index in [2.05, 4.69) is 5.40 Å². The van der Waals surface area contributed by atoms with Crippen LogP contribution in [0, 0.1) is 20.8 Å². The number of hydrogen-bond acceptors (Lipinski definition) is 6. The molecule has 1 atom stereocenters. The van der Waals surface area contributed by atoms with Gasteiger partial charge in [-0.25, -0.2) is 0 Å². The minimum absolute atomic E-state index is 0.0443. The molecular weight excluding hydrogens is 378 g/mol. The minimum atomic E-state index is -0.432. The van der Waals surface area contributed by atoms with E-state index in [9.17, 15) is 10.1 Å². The highest BCUT2D eigenvalue weighted by atomic mass is 32.2. The molecule has 0 fully saturated rings. The smallest absolute Gasteiger partial charge is 0.269 e. The number of non-ortho nitro benzene ring substituents is 1. The van der Waals surface area contributed by atoms with Gasteiger partial charge >= 0.3 is 0 Å². The van der Waals surface area contributed by atoms with E-state index >= 15 is 0 Å². The Bertz CT molecular complexity index is 872. The van der Waals surface area contributed by atoms with Crippen LogP contribution in [0.1, 0.15) is 18.1 Å². The van der Waals surface area contributed by atoms with E-state index in [0.717, 1.165) is 27.8 Å². The van der Waals surface area contributed by atoms with Crippen molar-refractivity contribution in [3.63, 3.8) is 0 Å². The summed E-state index contributed by atoms with van der Waals surface area (Å²) in [6.45, 7) is 1.97. The van der Waals surface area contributed by atoms with E-state index in [1.807, 2.05) is 48.7 Å². The van der Waals surface area contributed by atoms with Crippen LogP contribution in [0.2, 0.25) is 0 Å². The zero-order chi connectivity index (χ0) is 19.6. The molecule has 0 aromatic heterocycles. The van der Waals surface area contributed by atoms with Gasteiger partial charge in [0.15, 0.2) is 0 Å². The Hall–Kier alpha value is -2.69. The zero-order valence-corrected chi connectivity index (χ0v) is 16.4. The molecule has 0 saturated heterocycles. The summed E-state index contributed by atoms with van der Waals surface area (Å²) in [7, 11) is 0. The van der Waals surface area contributed by atoms with Crippen molar-refractivity contribution < 1.29 is 4.92 Å². The average Bonchev–Trinajstić information content (AvgIpc) is 2.69. The van der Waals surface area contributed by atoms with E-state index in [0.29, 0.717) is 12.1 Å². The summed E-state index contributed by atoms with van der Waals surface area (Å²) < 4.78 is 0. The van der Waals surface area contributed by atoms with Gasteiger partial charge in [-0.15, -0.1) is 0 Å². The number of thioether (sulfide) groups is 2. The van der Waals surface area contributed by atoms with Gasteiger partial charge in [-0.05, 0) is 41.6 Å². The average molecular weight is 398 g/mol. The predicted molar refractivity (Wildman–Crippen MR) is 114 cm³/mol. The fourth-order valence-corrected chi connectivity index (χ4v) is 3.90. The first-order valence-corrected chi connectivity index (χ1v) is 9.93. The van der Waals surface area contributed by atoms with Gasteiger partial charge in [0.1, 0.15) is 5.40 Å². The summed E-state index contributed by atoms with van der Waals surface area (Å²) in [4.78, 5) is 11.4. The van der Waals surface area contributed by atoms with E-state index < -0.39 is 4.92 Å². The quantitative estimate of drug-likeness (QED) is 0.368. The van der Waals surface area contributed by atoms with Crippen molar-refractivity contribution in [2.45, 2.75) is 18.6 Å². The molecule has 0 aliphatic rings. The summed E-state index contributed by atoms with van der Waals surface area (Å²) in [5.41, 5.74) is 8.88. The highest BCUT2D eigenvalue weighted by Crippen LogP contribution is 2.31. The van der Waals surface area contributed by atoms with Crippen LogP contribution < -0.4 is 5.73 Å². The van der Waals surface area contributed by atoms with E-state index in [-0.39, 0.29) is 10.9 Å². The molecule has 2 aromatic carbocycles. The number of rotatable bonds is 8. The number of nitro benzene ring substituents is 1. The lowest BCUT2D eigenvalue weighted by molar-refractivity contribution is -0.384. The lowest BCUT2D eigenvalue weighted by Crippen LogP contribution is -2.16. The number of hydrogen-bond donors (Lipinski definition) is 1. The van der Waals surface area contributed by atoms with Crippen LogP contribution in [-0.2, 0) is 6.42 Å². The first-order valence-electron chi connectivity index (χ1n) is 8.17. The first-order chi connectivity index (χ1) is 13.0. The maximum Gasteiger partial charge on any atom is 0.269 e. The molecule has 0 spiro atoms. The molecular formula is C20H19N3O2S2. The first kappa shape index (κ1) is 20.6. The lowest BCUT2D eigenvalue weighted by atomic mass is 10.1. The molecule has 0 radical (unpaired) electrons. The number of benzene rings is 2. The molecule has 0 bridgehead atoms. The van der Waals surface area contributed by atoms with Crippen LogP contribution >= 0.6 is 23.5 Å². The fraction of sp³-hybridized carbons (Fsp3) is 0.150. The van der Waals surface area contributed by atoms with Gasteiger partial charge in [-0.3, -0.25) is 10.1 Å². The molecule has 27 heavy (non-hydrogen) atoms. The molecule has 138 valence electrons. The van der Waals surface area contributed by atoms with Gasteiger partial charge in [-0.1, -0.05) is 60.3 Å². The third-order valence-electron chi connectivity index (χ3n) is 3.78. The Balaban J connectivity index is 2.11. The fourth-order valence-electron chi connectivity index (χ4n) is 2.37. The number of nitrogens with two attached hydrogens (primary N) is 1. The lowest BCUT2D eigenvalue weighted by Gasteiger charge is -2.14. The summed E-state index contributed by atoms with van der Waals surface area (Å²) in [5, 5.41) is 23.6. The normalized spacial score (nSPS) is 13.0. The van der Waals surface area contributed by atoms with Crippen LogP contribution in [0.3, 0.4) is 0 Å². The summed E-state index contributed by atoms with van der Waals surface area (Å²) in [6.07, 6.45) is 2.54. The van der Waals surface area contributed by atoms with E-state index in [1.165, 1.54) is 23.9 Å². The van der Waals surface area contributed by atoms with E-state index in [1.54, 1.807) is 12.1 Å². The molecule has 0 heterocycles. The van der Waals surface area contributed by atoms with Crippen molar-refractivity contribution in [3.05, 3.63) is 93.0 Å². The molecule has 2 N–H and O–H groups in total. The monoisotopic (exact) mass is 397 g/mol. The van der Waals surface area contributed by atoms with Crippen LogP contribution in [-0.4, -0.2) is 10.2 Å². The van der Waals surface area contributed by atoms with Gasteiger partial charge < -0.3 is 5.73 Å². The van der Waals surface area contributed by atoms with Gasteiger partial charge in [0.2, 0.25) is 0 Å². The minimum Gasteiger partial charge on any atom is -0.401 e. The second-order valence-corrected chi connectivity index (χ2v) is 7.48.